The smallest absolute Gasteiger partial charge is 0.120 e. The molecule has 0 saturated heterocycles. The molecule has 9 heavy (non-hydrogen) atoms. The lowest BCUT2D eigenvalue weighted by atomic mass is 10.4. The second-order valence-electron chi connectivity index (χ2n) is 1.68. The number of likely N-dealkylation sites (N-methyl/N-ethyl adjacent to an activating group) is 1. The van der Waals surface area contributed by atoms with Crippen molar-refractivity contribution in [1.29, 1.82) is 0 Å². The maximum atomic E-state index is 12.3. The van der Waals surface area contributed by atoms with Gasteiger partial charge in [0.2, 0.25) is 0 Å². The maximum Gasteiger partial charge on any atom is 0.120 e. The van der Waals surface area contributed by atoms with Gasteiger partial charge >= 0.3 is 0 Å². The minimum Gasteiger partial charge on any atom is -0.383 e. The molecule has 1 N–H and O–H groups in total. The average molecular weight is 129 g/mol. The van der Waals surface area contributed by atoms with Gasteiger partial charge in [0.1, 0.15) is 5.83 Å². The highest BCUT2D eigenvalue weighted by Gasteiger charge is 1.92. The molecule has 0 aromatic rings. The first-order valence-corrected chi connectivity index (χ1v) is 2.95. The molecule has 52 valence electrons. The third-order valence-corrected chi connectivity index (χ3v) is 0.942. The summed E-state index contributed by atoms with van der Waals surface area (Å²) in [5, 5.41) is 2.82. The Balaban J connectivity index is 3.98. The fourth-order valence-electron chi connectivity index (χ4n) is 0.525. The highest BCUT2D eigenvalue weighted by Crippen LogP contribution is 2.01. The molecule has 0 fully saturated rings. The molecule has 0 aromatic carbocycles. The lowest BCUT2D eigenvalue weighted by molar-refractivity contribution is 0.615. The number of nitrogens with one attached hydrogen (secondary N) is 1. The number of halogens is 1. The second-order valence-corrected chi connectivity index (χ2v) is 1.68. The molecule has 0 saturated carbocycles. The van der Waals surface area contributed by atoms with E-state index in [-0.39, 0.29) is 5.83 Å². The molecular weight excluding hydrogens is 117 g/mol. The lowest BCUT2D eigenvalue weighted by Crippen LogP contribution is -2.10. The Morgan fingerprint density at radius 3 is 2.44 bits per heavy atom. The predicted molar refractivity (Wildman–Crippen MR) is 37.7 cm³/mol. The van der Waals surface area contributed by atoms with Crippen LogP contribution in [0.1, 0.15) is 13.8 Å². The molecule has 0 heterocycles. The summed E-state index contributed by atoms with van der Waals surface area (Å²) >= 11 is 0. The first kappa shape index (κ1) is 8.21. The van der Waals surface area contributed by atoms with Crippen LogP contribution in [0.4, 0.5) is 4.39 Å². The van der Waals surface area contributed by atoms with E-state index >= 15 is 0 Å². The van der Waals surface area contributed by atoms with Gasteiger partial charge in [-0.05, 0) is 19.9 Å². The van der Waals surface area contributed by atoms with Gasteiger partial charge in [0.05, 0.1) is 5.70 Å². The summed E-state index contributed by atoms with van der Waals surface area (Å²) in [6.07, 6.45) is 1.47. The maximum absolute atomic E-state index is 12.3. The van der Waals surface area contributed by atoms with Gasteiger partial charge in [0, 0.05) is 6.54 Å². The van der Waals surface area contributed by atoms with Crippen molar-refractivity contribution in [2.45, 2.75) is 13.8 Å². The number of allylic oxidation sites excluding steroid dienone is 2. The normalized spacial score (nSPS) is 12.3. The van der Waals surface area contributed by atoms with Gasteiger partial charge in [-0.3, -0.25) is 0 Å². The zero-order valence-corrected chi connectivity index (χ0v) is 5.87. The Morgan fingerprint density at radius 1 is 1.78 bits per heavy atom. The van der Waals surface area contributed by atoms with E-state index in [1.54, 1.807) is 0 Å². The second kappa shape index (κ2) is 4.13. The van der Waals surface area contributed by atoms with Crippen molar-refractivity contribution in [3.63, 3.8) is 0 Å². The first-order valence-electron chi connectivity index (χ1n) is 2.95. The van der Waals surface area contributed by atoms with Crippen LogP contribution in [0.5, 0.6) is 0 Å². The lowest BCUT2D eigenvalue weighted by Gasteiger charge is -2.01. The molecule has 0 amide bonds. The van der Waals surface area contributed by atoms with Gasteiger partial charge in [0.15, 0.2) is 0 Å². The highest BCUT2D eigenvalue weighted by molar-refractivity contribution is 5.16. The molecule has 2 heteroatoms. The standard InChI is InChI=1S/C7H12FN/c1-4-7(6(3)8)9-5-2/h4,9H,1,5H2,2-3H3/b7-6+. The van der Waals surface area contributed by atoms with Crippen LogP contribution in [0.25, 0.3) is 0 Å². The molecule has 1 nitrogen and oxygen atoms in total. The van der Waals surface area contributed by atoms with E-state index in [0.717, 1.165) is 6.54 Å². The SMILES string of the molecule is C=C/C(NCC)=C(/C)F. The van der Waals surface area contributed by atoms with E-state index in [1.807, 2.05) is 6.92 Å². The van der Waals surface area contributed by atoms with Crippen LogP contribution in [0.15, 0.2) is 24.2 Å². The van der Waals surface area contributed by atoms with Crippen molar-refractivity contribution < 1.29 is 4.39 Å². The quantitative estimate of drug-likeness (QED) is 0.574. The van der Waals surface area contributed by atoms with Gasteiger partial charge in [0.25, 0.3) is 0 Å². The number of rotatable bonds is 3. The van der Waals surface area contributed by atoms with Crippen LogP contribution in [0.2, 0.25) is 0 Å². The molecule has 0 aliphatic rings. The van der Waals surface area contributed by atoms with Crippen molar-refractivity contribution in [3.05, 3.63) is 24.2 Å². The van der Waals surface area contributed by atoms with E-state index < -0.39 is 0 Å². The monoisotopic (exact) mass is 129 g/mol. The number of hydrogen-bond donors (Lipinski definition) is 1. The van der Waals surface area contributed by atoms with Crippen molar-refractivity contribution in [2.75, 3.05) is 6.54 Å². The van der Waals surface area contributed by atoms with Crippen LogP contribution < -0.4 is 5.32 Å². The summed E-state index contributed by atoms with van der Waals surface area (Å²) in [5.74, 6) is -0.216. The topological polar surface area (TPSA) is 12.0 Å². The van der Waals surface area contributed by atoms with Crippen molar-refractivity contribution >= 4 is 0 Å². The predicted octanol–water partition coefficient (Wildman–Crippen LogP) is 1.98. The van der Waals surface area contributed by atoms with E-state index in [4.69, 9.17) is 0 Å². The fraction of sp³-hybridized carbons (Fsp3) is 0.429. The van der Waals surface area contributed by atoms with Crippen molar-refractivity contribution in [2.24, 2.45) is 0 Å². The molecular formula is C7H12FN. The summed E-state index contributed by atoms with van der Waals surface area (Å²) < 4.78 is 12.3. The van der Waals surface area contributed by atoms with Crippen LogP contribution in [-0.2, 0) is 0 Å². The van der Waals surface area contributed by atoms with Crippen molar-refractivity contribution in [1.82, 2.24) is 5.32 Å². The summed E-state index contributed by atoms with van der Waals surface area (Å²) in [6, 6.07) is 0. The zero-order chi connectivity index (χ0) is 7.28. The minimum atomic E-state index is -0.216. The third-order valence-electron chi connectivity index (χ3n) is 0.942. The summed E-state index contributed by atoms with van der Waals surface area (Å²) in [5.41, 5.74) is 0.484. The Labute approximate surface area is 55.3 Å². The van der Waals surface area contributed by atoms with Gasteiger partial charge in [-0.2, -0.15) is 0 Å². The van der Waals surface area contributed by atoms with E-state index in [0.29, 0.717) is 5.70 Å². The zero-order valence-electron chi connectivity index (χ0n) is 5.87. The van der Waals surface area contributed by atoms with E-state index in [1.165, 1.54) is 13.0 Å². The van der Waals surface area contributed by atoms with Crippen molar-refractivity contribution in [3.8, 4) is 0 Å². The minimum absolute atomic E-state index is 0.216. The van der Waals surface area contributed by atoms with Gasteiger partial charge in [-0.1, -0.05) is 6.58 Å². The van der Waals surface area contributed by atoms with E-state index in [2.05, 4.69) is 11.9 Å². The largest absolute Gasteiger partial charge is 0.383 e. The van der Waals surface area contributed by atoms with Gasteiger partial charge in [-0.15, -0.1) is 0 Å². The molecule has 0 aliphatic carbocycles. The van der Waals surface area contributed by atoms with Crippen LogP contribution in [-0.4, -0.2) is 6.54 Å². The van der Waals surface area contributed by atoms with Gasteiger partial charge in [-0.25, -0.2) is 4.39 Å². The molecule has 0 spiro atoms. The van der Waals surface area contributed by atoms with Gasteiger partial charge < -0.3 is 5.32 Å². The average Bonchev–Trinajstić information content (AvgIpc) is 1.82. The summed E-state index contributed by atoms with van der Waals surface area (Å²) in [4.78, 5) is 0. The fourth-order valence-corrected chi connectivity index (χ4v) is 0.525. The Kier molecular flexibility index (Phi) is 3.76. The van der Waals surface area contributed by atoms with Crippen LogP contribution in [0, 0.1) is 0 Å². The molecule has 0 rings (SSSR count). The van der Waals surface area contributed by atoms with Crippen LogP contribution >= 0.6 is 0 Å². The Hall–Kier alpha value is -0.790. The molecule has 0 aromatic heterocycles. The molecule has 0 unspecified atom stereocenters. The number of hydrogen-bond acceptors (Lipinski definition) is 1. The molecule has 0 aliphatic heterocycles. The van der Waals surface area contributed by atoms with Crippen LogP contribution in [0.3, 0.4) is 0 Å². The third kappa shape index (κ3) is 2.90. The molecule has 0 atom stereocenters. The highest BCUT2D eigenvalue weighted by atomic mass is 19.1. The summed E-state index contributed by atoms with van der Waals surface area (Å²) in [6.45, 7) is 7.48. The Morgan fingerprint density at radius 2 is 2.33 bits per heavy atom. The molecule has 0 radical (unpaired) electrons. The first-order chi connectivity index (χ1) is 4.22. The Bertz CT molecular complexity index is 123. The van der Waals surface area contributed by atoms with E-state index in [9.17, 15) is 4.39 Å². The summed E-state index contributed by atoms with van der Waals surface area (Å²) in [7, 11) is 0. The molecule has 0 bridgehead atoms.